The summed E-state index contributed by atoms with van der Waals surface area (Å²) in [5, 5.41) is 8.23. The monoisotopic (exact) mass is 448 g/mol. The van der Waals surface area contributed by atoms with Crippen molar-refractivity contribution in [2.24, 2.45) is 0 Å². The highest BCUT2D eigenvalue weighted by molar-refractivity contribution is 7.22. The molecule has 2 aromatic carbocycles. The van der Waals surface area contributed by atoms with E-state index in [1.54, 1.807) is 5.38 Å². The third-order valence-electron chi connectivity index (χ3n) is 4.12. The third kappa shape index (κ3) is 4.77. The van der Waals surface area contributed by atoms with Crippen molar-refractivity contribution in [1.82, 2.24) is 9.97 Å². The van der Waals surface area contributed by atoms with Crippen LogP contribution >= 0.6 is 22.7 Å². The van der Waals surface area contributed by atoms with Crippen molar-refractivity contribution in [1.29, 1.82) is 0 Å². The Hall–Kier alpha value is -2.98. The van der Waals surface area contributed by atoms with Gasteiger partial charge in [0.25, 0.3) is 0 Å². The SMILES string of the molecule is Cc1ccc2nc(NC(=O)Cc3csc(Nc4cccc(C(F)(F)F)c4)n3)sc2c1. The average molecular weight is 448 g/mol. The summed E-state index contributed by atoms with van der Waals surface area (Å²) < 4.78 is 39.5. The van der Waals surface area contributed by atoms with Crippen molar-refractivity contribution in [2.45, 2.75) is 19.5 Å². The van der Waals surface area contributed by atoms with Gasteiger partial charge < -0.3 is 10.6 Å². The Morgan fingerprint density at radius 1 is 1.10 bits per heavy atom. The average Bonchev–Trinajstić information content (AvgIpc) is 3.26. The van der Waals surface area contributed by atoms with Crippen molar-refractivity contribution in [2.75, 3.05) is 10.6 Å². The number of thiazole rings is 2. The van der Waals surface area contributed by atoms with Crippen LogP contribution in [0.1, 0.15) is 16.8 Å². The second kappa shape index (κ2) is 8.04. The minimum Gasteiger partial charge on any atom is -0.332 e. The Morgan fingerprint density at radius 3 is 2.73 bits per heavy atom. The van der Waals surface area contributed by atoms with Gasteiger partial charge in [-0.3, -0.25) is 4.79 Å². The molecule has 0 aliphatic heterocycles. The van der Waals surface area contributed by atoms with Gasteiger partial charge in [0.1, 0.15) is 0 Å². The molecular weight excluding hydrogens is 433 g/mol. The Kier molecular flexibility index (Phi) is 5.44. The second-order valence-electron chi connectivity index (χ2n) is 6.56. The molecule has 30 heavy (non-hydrogen) atoms. The molecule has 0 bridgehead atoms. The molecule has 10 heteroatoms. The first-order valence-corrected chi connectivity index (χ1v) is 10.5. The normalized spacial score (nSPS) is 11.6. The summed E-state index contributed by atoms with van der Waals surface area (Å²) in [6.07, 6.45) is -4.38. The number of carbonyl (C=O) groups excluding carboxylic acids is 1. The van der Waals surface area contributed by atoms with Gasteiger partial charge in [-0.25, -0.2) is 9.97 Å². The summed E-state index contributed by atoms with van der Waals surface area (Å²) in [5.74, 6) is -0.262. The van der Waals surface area contributed by atoms with Crippen LogP contribution in [0, 0.1) is 6.92 Å². The summed E-state index contributed by atoms with van der Waals surface area (Å²) in [7, 11) is 0. The molecule has 2 heterocycles. The lowest BCUT2D eigenvalue weighted by molar-refractivity contribution is -0.137. The maximum atomic E-state index is 12.8. The van der Waals surface area contributed by atoms with Crippen molar-refractivity contribution >= 4 is 54.7 Å². The van der Waals surface area contributed by atoms with E-state index in [1.807, 2.05) is 25.1 Å². The predicted octanol–water partition coefficient (Wildman–Crippen LogP) is 6.00. The van der Waals surface area contributed by atoms with Crippen LogP contribution in [0.15, 0.2) is 47.8 Å². The van der Waals surface area contributed by atoms with E-state index in [-0.39, 0.29) is 18.0 Å². The molecule has 0 saturated carbocycles. The molecule has 2 N–H and O–H groups in total. The molecule has 2 aromatic heterocycles. The summed E-state index contributed by atoms with van der Waals surface area (Å²) in [5.41, 5.74) is 1.99. The van der Waals surface area contributed by atoms with Crippen LogP contribution in [0.4, 0.5) is 29.1 Å². The molecule has 154 valence electrons. The number of hydrogen-bond acceptors (Lipinski definition) is 6. The first kappa shape index (κ1) is 20.3. The number of halogens is 3. The minimum absolute atomic E-state index is 0.0374. The van der Waals surface area contributed by atoms with Gasteiger partial charge in [0.15, 0.2) is 10.3 Å². The number of carbonyl (C=O) groups is 1. The number of nitrogens with zero attached hydrogens (tertiary/aromatic N) is 2. The lowest BCUT2D eigenvalue weighted by Crippen LogP contribution is -2.14. The Balaban J connectivity index is 1.39. The molecule has 0 fully saturated rings. The second-order valence-corrected chi connectivity index (χ2v) is 8.45. The lowest BCUT2D eigenvalue weighted by atomic mass is 10.2. The summed E-state index contributed by atoms with van der Waals surface area (Å²) in [6.45, 7) is 1.99. The van der Waals surface area contributed by atoms with Gasteiger partial charge in [-0.05, 0) is 42.8 Å². The largest absolute Gasteiger partial charge is 0.416 e. The van der Waals surface area contributed by atoms with Gasteiger partial charge >= 0.3 is 6.18 Å². The number of aromatic nitrogens is 2. The van der Waals surface area contributed by atoms with Crippen molar-refractivity contribution < 1.29 is 18.0 Å². The topological polar surface area (TPSA) is 66.9 Å². The van der Waals surface area contributed by atoms with E-state index in [9.17, 15) is 18.0 Å². The molecule has 4 aromatic rings. The van der Waals surface area contributed by atoms with E-state index in [2.05, 4.69) is 20.6 Å². The van der Waals surface area contributed by atoms with E-state index in [4.69, 9.17) is 0 Å². The fourth-order valence-electron chi connectivity index (χ4n) is 2.76. The van der Waals surface area contributed by atoms with Gasteiger partial charge in [-0.1, -0.05) is 23.5 Å². The number of rotatable bonds is 5. The van der Waals surface area contributed by atoms with Crippen molar-refractivity contribution in [3.63, 3.8) is 0 Å². The maximum Gasteiger partial charge on any atom is 0.416 e. The number of aryl methyl sites for hydroxylation is 1. The standard InChI is InChI=1S/C20H15F3N4OS2/c1-11-5-6-15-16(7-11)30-19(26-15)27-17(28)9-14-10-29-18(25-14)24-13-4-2-3-12(8-13)20(21,22)23/h2-8,10H,9H2,1H3,(H,24,25)(H,26,27,28). The van der Waals surface area contributed by atoms with Crippen LogP contribution in [0.25, 0.3) is 10.2 Å². The van der Waals surface area contributed by atoms with Crippen LogP contribution in [0.3, 0.4) is 0 Å². The molecule has 0 unspecified atom stereocenters. The summed E-state index contributed by atoms with van der Waals surface area (Å²) in [6, 6.07) is 10.7. The first-order chi connectivity index (χ1) is 14.3. The quantitative estimate of drug-likeness (QED) is 0.393. The summed E-state index contributed by atoms with van der Waals surface area (Å²) >= 11 is 2.61. The molecule has 4 rings (SSSR count). The molecule has 0 radical (unpaired) electrons. The van der Waals surface area contributed by atoms with Gasteiger partial charge in [-0.15, -0.1) is 11.3 Å². The smallest absolute Gasteiger partial charge is 0.332 e. The van der Waals surface area contributed by atoms with Gasteiger partial charge in [0.05, 0.1) is 27.9 Å². The molecule has 0 atom stereocenters. The molecule has 0 aliphatic carbocycles. The number of fused-ring (bicyclic) bond motifs is 1. The number of hydrogen-bond donors (Lipinski definition) is 2. The van der Waals surface area contributed by atoms with E-state index in [0.717, 1.165) is 27.9 Å². The zero-order valence-corrected chi connectivity index (χ0v) is 17.2. The fourth-order valence-corrected chi connectivity index (χ4v) is 4.47. The van der Waals surface area contributed by atoms with Crippen LogP contribution in [-0.2, 0) is 17.4 Å². The number of amides is 1. The zero-order chi connectivity index (χ0) is 21.3. The van der Waals surface area contributed by atoms with E-state index in [1.165, 1.54) is 34.8 Å². The van der Waals surface area contributed by atoms with Crippen LogP contribution < -0.4 is 10.6 Å². The molecule has 0 aliphatic rings. The fraction of sp³-hybridized carbons (Fsp3) is 0.150. The van der Waals surface area contributed by atoms with Crippen molar-refractivity contribution in [3.8, 4) is 0 Å². The third-order valence-corrected chi connectivity index (χ3v) is 5.87. The maximum absolute atomic E-state index is 12.8. The van der Waals surface area contributed by atoms with Crippen molar-refractivity contribution in [3.05, 3.63) is 64.7 Å². The minimum atomic E-state index is -4.41. The molecule has 1 amide bonds. The highest BCUT2D eigenvalue weighted by Gasteiger charge is 2.30. The molecule has 0 saturated heterocycles. The molecule has 5 nitrogen and oxygen atoms in total. The highest BCUT2D eigenvalue weighted by Crippen LogP contribution is 2.32. The molecular formula is C20H15F3N4OS2. The van der Waals surface area contributed by atoms with Gasteiger partial charge in [0, 0.05) is 11.1 Å². The Morgan fingerprint density at radius 2 is 1.93 bits per heavy atom. The number of alkyl halides is 3. The number of anilines is 3. The highest BCUT2D eigenvalue weighted by atomic mass is 32.1. The van der Waals surface area contributed by atoms with E-state index >= 15 is 0 Å². The van der Waals surface area contributed by atoms with Crippen LogP contribution in [0.5, 0.6) is 0 Å². The predicted molar refractivity (Wildman–Crippen MR) is 114 cm³/mol. The first-order valence-electron chi connectivity index (χ1n) is 8.82. The van der Waals surface area contributed by atoms with E-state index < -0.39 is 11.7 Å². The van der Waals surface area contributed by atoms with Crippen LogP contribution in [-0.4, -0.2) is 15.9 Å². The number of benzene rings is 2. The van der Waals surface area contributed by atoms with Crippen LogP contribution in [0.2, 0.25) is 0 Å². The Bertz CT molecular complexity index is 1220. The number of nitrogens with one attached hydrogen (secondary N) is 2. The van der Waals surface area contributed by atoms with E-state index in [0.29, 0.717) is 16.0 Å². The lowest BCUT2D eigenvalue weighted by Gasteiger charge is -2.08. The Labute approximate surface area is 177 Å². The van der Waals surface area contributed by atoms with Gasteiger partial charge in [-0.2, -0.15) is 13.2 Å². The summed E-state index contributed by atoms with van der Waals surface area (Å²) in [4.78, 5) is 21.0. The van der Waals surface area contributed by atoms with Gasteiger partial charge in [0.2, 0.25) is 5.91 Å². The zero-order valence-electron chi connectivity index (χ0n) is 15.6. The molecule has 0 spiro atoms.